The van der Waals surface area contributed by atoms with Crippen LogP contribution in [0.5, 0.6) is 0 Å². The molecule has 2 fully saturated rings. The Bertz CT molecular complexity index is 753. The number of hydrogen-bond acceptors (Lipinski definition) is 5. The highest BCUT2D eigenvalue weighted by Crippen LogP contribution is 2.34. The molecule has 4 rings (SSSR count). The maximum Gasteiger partial charge on any atom is 0.256 e. The molecule has 0 spiro atoms. The van der Waals surface area contributed by atoms with E-state index in [1.54, 1.807) is 23.7 Å². The molecular formula is C21H28N4OS. The zero-order valence-corrected chi connectivity index (χ0v) is 16.8. The number of amides is 1. The van der Waals surface area contributed by atoms with Crippen molar-refractivity contribution in [3.05, 3.63) is 41.2 Å². The van der Waals surface area contributed by atoms with E-state index < -0.39 is 0 Å². The first-order chi connectivity index (χ1) is 13.3. The van der Waals surface area contributed by atoms with Gasteiger partial charge in [-0.15, -0.1) is 11.3 Å². The van der Waals surface area contributed by atoms with Crippen LogP contribution in [0.1, 0.15) is 67.9 Å². The quantitative estimate of drug-likeness (QED) is 0.705. The lowest BCUT2D eigenvalue weighted by atomic mass is 9.93. The first-order valence-corrected chi connectivity index (χ1v) is 11.1. The molecule has 2 aliphatic carbocycles. The van der Waals surface area contributed by atoms with Gasteiger partial charge in [0.1, 0.15) is 0 Å². The van der Waals surface area contributed by atoms with E-state index in [0.717, 1.165) is 30.2 Å². The molecule has 0 unspecified atom stereocenters. The highest BCUT2D eigenvalue weighted by molar-refractivity contribution is 7.13. The van der Waals surface area contributed by atoms with Crippen LogP contribution < -0.4 is 4.90 Å². The van der Waals surface area contributed by atoms with E-state index in [0.29, 0.717) is 24.2 Å². The number of carbonyl (C=O) groups is 1. The van der Waals surface area contributed by atoms with Crippen LogP contribution >= 0.6 is 11.3 Å². The molecule has 1 amide bonds. The molecule has 2 saturated carbocycles. The van der Waals surface area contributed by atoms with Crippen LogP contribution in [-0.4, -0.2) is 39.4 Å². The second kappa shape index (κ2) is 8.38. The van der Waals surface area contributed by atoms with Crippen LogP contribution in [0, 0.1) is 0 Å². The zero-order chi connectivity index (χ0) is 18.6. The lowest BCUT2D eigenvalue weighted by Crippen LogP contribution is -2.41. The molecule has 0 aromatic carbocycles. The summed E-state index contributed by atoms with van der Waals surface area (Å²) in [6, 6.07) is 4.67. The van der Waals surface area contributed by atoms with Crippen LogP contribution in [0.15, 0.2) is 29.9 Å². The number of thiazole rings is 1. The molecule has 27 heavy (non-hydrogen) atoms. The standard InChI is InChI=1S/C21H28N4OS/c1-2-24(19-10-11-19)21-23-17(15-27-21)14-25(18-8-4-3-5-9-18)20(26)16-7-6-12-22-13-16/h6-7,12-13,15,18-19H,2-5,8-11,14H2,1H3. The molecule has 2 aromatic rings. The molecule has 5 nitrogen and oxygen atoms in total. The van der Waals surface area contributed by atoms with Gasteiger partial charge in [-0.2, -0.15) is 0 Å². The van der Waals surface area contributed by atoms with Crippen molar-refractivity contribution in [3.63, 3.8) is 0 Å². The Balaban J connectivity index is 1.54. The van der Waals surface area contributed by atoms with Gasteiger partial charge in [-0.05, 0) is 44.7 Å². The van der Waals surface area contributed by atoms with Crippen LogP contribution in [-0.2, 0) is 6.54 Å². The summed E-state index contributed by atoms with van der Waals surface area (Å²) in [6.45, 7) is 3.79. The van der Waals surface area contributed by atoms with E-state index in [1.807, 2.05) is 17.0 Å². The van der Waals surface area contributed by atoms with Crippen molar-refractivity contribution in [2.45, 2.75) is 70.5 Å². The van der Waals surface area contributed by atoms with Gasteiger partial charge < -0.3 is 9.80 Å². The fourth-order valence-corrected chi connectivity index (χ4v) is 4.98. The summed E-state index contributed by atoms with van der Waals surface area (Å²) < 4.78 is 0. The fourth-order valence-electron chi connectivity index (χ4n) is 4.03. The van der Waals surface area contributed by atoms with Crippen molar-refractivity contribution < 1.29 is 4.79 Å². The molecule has 0 radical (unpaired) electrons. The molecular weight excluding hydrogens is 356 g/mol. The van der Waals surface area contributed by atoms with Gasteiger partial charge in [0.25, 0.3) is 5.91 Å². The summed E-state index contributed by atoms with van der Waals surface area (Å²) in [4.78, 5) is 26.7. The smallest absolute Gasteiger partial charge is 0.256 e. The van der Waals surface area contributed by atoms with E-state index in [-0.39, 0.29) is 5.91 Å². The molecule has 0 N–H and O–H groups in total. The molecule has 2 heterocycles. The molecule has 0 aliphatic heterocycles. The molecule has 2 aromatic heterocycles. The number of carbonyl (C=O) groups excluding carboxylic acids is 1. The van der Waals surface area contributed by atoms with E-state index in [1.165, 1.54) is 32.1 Å². The van der Waals surface area contributed by atoms with Crippen LogP contribution in [0.3, 0.4) is 0 Å². The largest absolute Gasteiger partial charge is 0.345 e. The van der Waals surface area contributed by atoms with Crippen LogP contribution in [0.4, 0.5) is 5.13 Å². The van der Waals surface area contributed by atoms with Crippen molar-refractivity contribution in [1.82, 2.24) is 14.9 Å². The van der Waals surface area contributed by atoms with E-state index in [9.17, 15) is 4.79 Å². The normalized spacial score (nSPS) is 17.7. The van der Waals surface area contributed by atoms with Crippen molar-refractivity contribution in [3.8, 4) is 0 Å². The third-order valence-electron chi connectivity index (χ3n) is 5.63. The summed E-state index contributed by atoms with van der Waals surface area (Å²) in [5.74, 6) is 0.0825. The average molecular weight is 385 g/mol. The minimum Gasteiger partial charge on any atom is -0.345 e. The van der Waals surface area contributed by atoms with Crippen LogP contribution in [0.25, 0.3) is 0 Å². The fraction of sp³-hybridized carbons (Fsp3) is 0.571. The Hall–Kier alpha value is -1.95. The van der Waals surface area contributed by atoms with E-state index in [4.69, 9.17) is 4.98 Å². The molecule has 0 atom stereocenters. The van der Waals surface area contributed by atoms with Crippen LogP contribution in [0.2, 0.25) is 0 Å². The Labute approximate surface area is 165 Å². The molecule has 0 bridgehead atoms. The second-order valence-electron chi connectivity index (χ2n) is 7.61. The van der Waals surface area contributed by atoms with Gasteiger partial charge in [0, 0.05) is 36.4 Å². The number of rotatable bonds is 7. The summed E-state index contributed by atoms with van der Waals surface area (Å²) in [6.07, 6.45) is 11.8. The first kappa shape index (κ1) is 18.4. The summed E-state index contributed by atoms with van der Waals surface area (Å²) >= 11 is 1.71. The second-order valence-corrected chi connectivity index (χ2v) is 8.44. The Kier molecular flexibility index (Phi) is 5.72. The lowest BCUT2D eigenvalue weighted by molar-refractivity contribution is 0.0611. The maximum absolute atomic E-state index is 13.2. The van der Waals surface area contributed by atoms with Gasteiger partial charge in [-0.3, -0.25) is 9.78 Å². The van der Waals surface area contributed by atoms with E-state index >= 15 is 0 Å². The molecule has 144 valence electrons. The minimum absolute atomic E-state index is 0.0825. The van der Waals surface area contributed by atoms with Gasteiger partial charge in [0.15, 0.2) is 5.13 Å². The van der Waals surface area contributed by atoms with Gasteiger partial charge in [-0.25, -0.2) is 4.98 Å². The number of pyridine rings is 1. The molecule has 0 saturated heterocycles. The maximum atomic E-state index is 13.2. The Morgan fingerprint density at radius 3 is 2.67 bits per heavy atom. The third kappa shape index (κ3) is 4.32. The van der Waals surface area contributed by atoms with Crippen molar-refractivity contribution >= 4 is 22.4 Å². The van der Waals surface area contributed by atoms with Gasteiger partial charge >= 0.3 is 0 Å². The summed E-state index contributed by atoms with van der Waals surface area (Å²) in [5, 5.41) is 3.24. The van der Waals surface area contributed by atoms with E-state index in [2.05, 4.69) is 22.2 Å². The predicted octanol–water partition coefficient (Wildman–Crippen LogP) is 4.50. The van der Waals surface area contributed by atoms with Gasteiger partial charge in [-0.1, -0.05) is 19.3 Å². The summed E-state index contributed by atoms with van der Waals surface area (Å²) in [7, 11) is 0. The highest BCUT2D eigenvalue weighted by Gasteiger charge is 2.31. The average Bonchev–Trinajstić information content (AvgIpc) is 3.45. The lowest BCUT2D eigenvalue weighted by Gasteiger charge is -2.34. The highest BCUT2D eigenvalue weighted by atomic mass is 32.1. The molecule has 6 heteroatoms. The minimum atomic E-state index is 0.0825. The first-order valence-electron chi connectivity index (χ1n) is 10.2. The number of anilines is 1. The predicted molar refractivity (Wildman–Crippen MR) is 109 cm³/mol. The number of hydrogen-bond donors (Lipinski definition) is 0. The monoisotopic (exact) mass is 384 g/mol. The van der Waals surface area contributed by atoms with Gasteiger partial charge in [0.2, 0.25) is 0 Å². The SMILES string of the molecule is CCN(c1nc(CN(C(=O)c2cccnc2)C2CCCCC2)cs1)C1CC1. The third-order valence-corrected chi connectivity index (χ3v) is 6.56. The van der Waals surface area contributed by atoms with Crippen molar-refractivity contribution in [2.24, 2.45) is 0 Å². The zero-order valence-electron chi connectivity index (χ0n) is 16.0. The van der Waals surface area contributed by atoms with Crippen molar-refractivity contribution in [1.29, 1.82) is 0 Å². The number of nitrogens with zero attached hydrogens (tertiary/aromatic N) is 4. The molecule has 2 aliphatic rings. The Morgan fingerprint density at radius 2 is 2.00 bits per heavy atom. The van der Waals surface area contributed by atoms with Gasteiger partial charge in [0.05, 0.1) is 17.8 Å². The topological polar surface area (TPSA) is 49.3 Å². The van der Waals surface area contributed by atoms with Crippen molar-refractivity contribution in [2.75, 3.05) is 11.4 Å². The Morgan fingerprint density at radius 1 is 1.19 bits per heavy atom. The number of aromatic nitrogens is 2. The summed E-state index contributed by atoms with van der Waals surface area (Å²) in [5.41, 5.74) is 1.68.